The van der Waals surface area contributed by atoms with E-state index in [1.807, 2.05) is 28.5 Å². The van der Waals surface area contributed by atoms with Gasteiger partial charge >= 0.3 is 0 Å². The predicted octanol–water partition coefficient (Wildman–Crippen LogP) is 4.00. The molecule has 0 spiro atoms. The zero-order chi connectivity index (χ0) is 19.1. The lowest BCUT2D eigenvalue weighted by Crippen LogP contribution is -2.32. The van der Waals surface area contributed by atoms with E-state index in [0.717, 1.165) is 5.76 Å². The molecule has 0 aliphatic carbocycles. The van der Waals surface area contributed by atoms with E-state index in [1.165, 1.54) is 4.88 Å². The summed E-state index contributed by atoms with van der Waals surface area (Å²) < 4.78 is 16.0. The van der Waals surface area contributed by atoms with Crippen LogP contribution in [0.4, 0.5) is 5.69 Å². The maximum atomic E-state index is 12.7. The smallest absolute Gasteiger partial charge is 0.238 e. The zero-order valence-electron chi connectivity index (χ0n) is 15.3. The predicted molar refractivity (Wildman–Crippen MR) is 105 cm³/mol. The summed E-state index contributed by atoms with van der Waals surface area (Å²) in [6.07, 6.45) is 1.64. The quantitative estimate of drug-likeness (QED) is 0.602. The number of hydrogen-bond donors (Lipinski definition) is 1. The summed E-state index contributed by atoms with van der Waals surface area (Å²) in [5.41, 5.74) is 0.580. The minimum Gasteiger partial charge on any atom is -0.497 e. The molecule has 3 aromatic rings. The molecule has 0 saturated heterocycles. The number of carbonyl (C=O) groups is 1. The SMILES string of the molecule is COc1ccc(OC)c(NC(=O)CN(Cc2ccco2)Cc2cccs2)c1. The summed E-state index contributed by atoms with van der Waals surface area (Å²) >= 11 is 1.67. The fourth-order valence-electron chi connectivity index (χ4n) is 2.72. The van der Waals surface area contributed by atoms with Crippen molar-refractivity contribution in [3.05, 3.63) is 64.7 Å². The minimum atomic E-state index is -0.135. The molecule has 0 bridgehead atoms. The first-order valence-electron chi connectivity index (χ1n) is 8.47. The zero-order valence-corrected chi connectivity index (χ0v) is 16.1. The van der Waals surface area contributed by atoms with Gasteiger partial charge in [-0.25, -0.2) is 0 Å². The summed E-state index contributed by atoms with van der Waals surface area (Å²) in [5.74, 6) is 1.92. The first-order chi connectivity index (χ1) is 13.2. The van der Waals surface area contributed by atoms with Gasteiger partial charge in [0.25, 0.3) is 0 Å². The molecule has 2 heterocycles. The molecule has 0 saturated carbocycles. The van der Waals surface area contributed by atoms with Crippen molar-refractivity contribution < 1.29 is 18.7 Å². The molecule has 0 aliphatic heterocycles. The van der Waals surface area contributed by atoms with Crippen molar-refractivity contribution in [2.45, 2.75) is 13.1 Å². The lowest BCUT2D eigenvalue weighted by atomic mass is 10.2. The largest absolute Gasteiger partial charge is 0.497 e. The number of anilines is 1. The number of benzene rings is 1. The van der Waals surface area contributed by atoms with Crippen LogP contribution in [0.25, 0.3) is 0 Å². The molecule has 1 N–H and O–H groups in total. The van der Waals surface area contributed by atoms with Crippen molar-refractivity contribution in [1.82, 2.24) is 4.90 Å². The first kappa shape index (κ1) is 19.0. The third-order valence-electron chi connectivity index (χ3n) is 3.97. The Labute approximate surface area is 162 Å². The third kappa shape index (κ3) is 5.35. The highest BCUT2D eigenvalue weighted by molar-refractivity contribution is 7.09. The molecule has 0 unspecified atom stereocenters. The van der Waals surface area contributed by atoms with Gasteiger partial charge in [-0.1, -0.05) is 6.07 Å². The van der Waals surface area contributed by atoms with Crippen LogP contribution in [0.1, 0.15) is 10.6 Å². The Morgan fingerprint density at radius 2 is 2.04 bits per heavy atom. The van der Waals surface area contributed by atoms with Crippen LogP contribution >= 0.6 is 11.3 Å². The van der Waals surface area contributed by atoms with E-state index in [0.29, 0.717) is 30.3 Å². The van der Waals surface area contributed by atoms with E-state index in [4.69, 9.17) is 13.9 Å². The molecular weight excluding hydrogens is 364 g/mol. The number of nitrogens with one attached hydrogen (secondary N) is 1. The maximum absolute atomic E-state index is 12.7. The van der Waals surface area contributed by atoms with Gasteiger partial charge in [0.2, 0.25) is 5.91 Å². The van der Waals surface area contributed by atoms with Crippen molar-refractivity contribution in [3.63, 3.8) is 0 Å². The van der Waals surface area contributed by atoms with E-state index < -0.39 is 0 Å². The number of methoxy groups -OCH3 is 2. The number of hydrogen-bond acceptors (Lipinski definition) is 6. The second kappa shape index (κ2) is 9.25. The fraction of sp³-hybridized carbons (Fsp3) is 0.250. The van der Waals surface area contributed by atoms with Crippen LogP contribution in [0.3, 0.4) is 0 Å². The fourth-order valence-corrected chi connectivity index (χ4v) is 3.46. The molecule has 2 aromatic heterocycles. The molecule has 0 aliphatic rings. The molecule has 1 amide bonds. The van der Waals surface area contributed by atoms with E-state index in [-0.39, 0.29) is 12.5 Å². The van der Waals surface area contributed by atoms with Gasteiger partial charge in [0.15, 0.2) is 0 Å². The Morgan fingerprint density at radius 3 is 2.70 bits per heavy atom. The highest BCUT2D eigenvalue weighted by atomic mass is 32.1. The molecule has 27 heavy (non-hydrogen) atoms. The van der Waals surface area contributed by atoms with Crippen LogP contribution in [0.15, 0.2) is 58.5 Å². The van der Waals surface area contributed by atoms with Crippen molar-refractivity contribution in [2.24, 2.45) is 0 Å². The second-order valence-corrected chi connectivity index (χ2v) is 6.95. The van der Waals surface area contributed by atoms with Gasteiger partial charge in [0.05, 0.1) is 39.3 Å². The van der Waals surface area contributed by atoms with Crippen LogP contribution in [-0.2, 0) is 17.9 Å². The lowest BCUT2D eigenvalue weighted by molar-refractivity contribution is -0.117. The van der Waals surface area contributed by atoms with Crippen LogP contribution in [0, 0.1) is 0 Å². The van der Waals surface area contributed by atoms with E-state index in [1.54, 1.807) is 50.0 Å². The molecule has 7 heteroatoms. The summed E-state index contributed by atoms with van der Waals surface area (Å²) in [6, 6.07) is 13.1. The maximum Gasteiger partial charge on any atom is 0.238 e. The molecule has 0 atom stereocenters. The topological polar surface area (TPSA) is 63.9 Å². The molecule has 1 aromatic carbocycles. The Bertz CT molecular complexity index is 811. The Balaban J connectivity index is 1.70. The van der Waals surface area contributed by atoms with Crippen LogP contribution in [0.2, 0.25) is 0 Å². The Kier molecular flexibility index (Phi) is 6.51. The average Bonchev–Trinajstić information content (AvgIpc) is 3.35. The van der Waals surface area contributed by atoms with Gasteiger partial charge in [0, 0.05) is 17.5 Å². The minimum absolute atomic E-state index is 0.135. The highest BCUT2D eigenvalue weighted by Gasteiger charge is 2.16. The summed E-state index contributed by atoms with van der Waals surface area (Å²) in [4.78, 5) is 15.9. The standard InChI is InChI=1S/C20H22N2O4S/c1-24-15-7-8-19(25-2)18(11-15)21-20(23)14-22(12-16-5-3-9-26-16)13-17-6-4-10-27-17/h3-11H,12-14H2,1-2H3,(H,21,23). The van der Waals surface area contributed by atoms with Crippen molar-refractivity contribution >= 4 is 22.9 Å². The number of carbonyl (C=O) groups excluding carboxylic acids is 1. The number of thiophene rings is 1. The van der Waals surface area contributed by atoms with Gasteiger partial charge in [0.1, 0.15) is 17.3 Å². The van der Waals surface area contributed by atoms with Gasteiger partial charge < -0.3 is 19.2 Å². The van der Waals surface area contributed by atoms with Crippen LogP contribution < -0.4 is 14.8 Å². The summed E-state index contributed by atoms with van der Waals surface area (Å²) in [7, 11) is 3.15. The van der Waals surface area contributed by atoms with Crippen molar-refractivity contribution in [1.29, 1.82) is 0 Å². The number of furan rings is 1. The second-order valence-electron chi connectivity index (χ2n) is 5.92. The molecule has 142 valence electrons. The summed E-state index contributed by atoms with van der Waals surface area (Å²) in [5, 5.41) is 4.94. The van der Waals surface area contributed by atoms with E-state index >= 15 is 0 Å². The number of ether oxygens (including phenoxy) is 2. The van der Waals surface area contributed by atoms with Gasteiger partial charge in [-0.2, -0.15) is 0 Å². The normalized spacial score (nSPS) is 10.8. The first-order valence-corrected chi connectivity index (χ1v) is 9.35. The molecule has 3 rings (SSSR count). The molecule has 6 nitrogen and oxygen atoms in total. The number of nitrogens with zero attached hydrogens (tertiary/aromatic N) is 1. The third-order valence-corrected chi connectivity index (χ3v) is 4.83. The van der Waals surface area contributed by atoms with Crippen LogP contribution in [-0.4, -0.2) is 31.6 Å². The molecule has 0 fully saturated rings. The molecular formula is C20H22N2O4S. The monoisotopic (exact) mass is 386 g/mol. The van der Waals surface area contributed by atoms with E-state index in [9.17, 15) is 4.79 Å². The van der Waals surface area contributed by atoms with Crippen molar-refractivity contribution in [3.8, 4) is 11.5 Å². The number of amides is 1. The number of rotatable bonds is 9. The van der Waals surface area contributed by atoms with Crippen molar-refractivity contribution in [2.75, 3.05) is 26.1 Å². The summed E-state index contributed by atoms with van der Waals surface area (Å²) in [6.45, 7) is 1.44. The Morgan fingerprint density at radius 1 is 1.15 bits per heavy atom. The molecule has 0 radical (unpaired) electrons. The average molecular weight is 386 g/mol. The van der Waals surface area contributed by atoms with Crippen LogP contribution in [0.5, 0.6) is 11.5 Å². The Hall–Kier alpha value is -2.77. The van der Waals surface area contributed by atoms with Gasteiger partial charge in [-0.3, -0.25) is 9.69 Å². The van der Waals surface area contributed by atoms with Gasteiger partial charge in [-0.05, 0) is 35.7 Å². The highest BCUT2D eigenvalue weighted by Crippen LogP contribution is 2.29. The lowest BCUT2D eigenvalue weighted by Gasteiger charge is -2.20. The van der Waals surface area contributed by atoms with E-state index in [2.05, 4.69) is 11.4 Å². The van der Waals surface area contributed by atoms with Gasteiger partial charge in [-0.15, -0.1) is 11.3 Å².